The number of hydrogen-bond donors (Lipinski definition) is 0. The van der Waals surface area contributed by atoms with Crippen LogP contribution in [0, 0.1) is 6.92 Å². The van der Waals surface area contributed by atoms with Gasteiger partial charge in [0.05, 0.1) is 5.02 Å². The summed E-state index contributed by atoms with van der Waals surface area (Å²) < 4.78 is 11.4. The second-order valence-electron chi connectivity index (χ2n) is 4.47. The number of fused-ring (bicyclic) bond motifs is 1. The van der Waals surface area contributed by atoms with E-state index in [2.05, 4.69) is 6.07 Å². The predicted molar refractivity (Wildman–Crippen MR) is 76.7 cm³/mol. The molecule has 0 unspecified atom stereocenters. The molecule has 0 saturated carbocycles. The Kier molecular flexibility index (Phi) is 3.18. The molecule has 0 aliphatic rings. The summed E-state index contributed by atoms with van der Waals surface area (Å²) in [7, 11) is 0. The maximum Gasteiger partial charge on any atom is 0.146 e. The molecular formula is C16H13ClO2. The maximum absolute atomic E-state index is 6.03. The van der Waals surface area contributed by atoms with Crippen LogP contribution >= 0.6 is 11.6 Å². The van der Waals surface area contributed by atoms with Gasteiger partial charge in [-0.1, -0.05) is 35.9 Å². The minimum Gasteiger partial charge on any atom is -0.484 e. The Morgan fingerprint density at radius 3 is 2.79 bits per heavy atom. The van der Waals surface area contributed by atoms with Crippen LogP contribution in [0.4, 0.5) is 0 Å². The highest BCUT2D eigenvalue weighted by Gasteiger charge is 2.06. The van der Waals surface area contributed by atoms with Crippen LogP contribution in [-0.2, 0) is 6.61 Å². The van der Waals surface area contributed by atoms with Crippen LogP contribution in [0.3, 0.4) is 0 Å². The molecule has 0 amide bonds. The van der Waals surface area contributed by atoms with E-state index in [9.17, 15) is 0 Å². The fourth-order valence-corrected chi connectivity index (χ4v) is 2.17. The first-order valence-electron chi connectivity index (χ1n) is 6.09. The zero-order chi connectivity index (χ0) is 13.2. The van der Waals surface area contributed by atoms with E-state index in [-0.39, 0.29) is 0 Å². The van der Waals surface area contributed by atoms with Gasteiger partial charge in [-0.3, -0.25) is 0 Å². The van der Waals surface area contributed by atoms with E-state index in [1.165, 1.54) is 5.56 Å². The van der Waals surface area contributed by atoms with Crippen molar-refractivity contribution in [2.45, 2.75) is 13.5 Å². The first-order chi connectivity index (χ1) is 9.22. The number of halogens is 1. The number of ether oxygens (including phenoxy) is 1. The number of para-hydroxylation sites is 1. The van der Waals surface area contributed by atoms with Crippen molar-refractivity contribution in [2.24, 2.45) is 0 Å². The molecule has 3 rings (SSSR count). The average molecular weight is 273 g/mol. The summed E-state index contributed by atoms with van der Waals surface area (Å²) in [5.74, 6) is 1.46. The van der Waals surface area contributed by atoms with Gasteiger partial charge < -0.3 is 9.15 Å². The molecule has 0 fully saturated rings. The largest absolute Gasteiger partial charge is 0.484 e. The SMILES string of the molecule is Cc1ccc2cc(COc3ccccc3Cl)oc2c1. The lowest BCUT2D eigenvalue weighted by molar-refractivity contribution is 0.274. The molecule has 2 aromatic carbocycles. The summed E-state index contributed by atoms with van der Waals surface area (Å²) in [6.07, 6.45) is 0. The van der Waals surface area contributed by atoms with Gasteiger partial charge in [0, 0.05) is 5.39 Å². The number of furan rings is 1. The lowest BCUT2D eigenvalue weighted by Gasteiger charge is -2.05. The third-order valence-corrected chi connectivity index (χ3v) is 3.25. The molecular weight excluding hydrogens is 260 g/mol. The number of aryl methyl sites for hydroxylation is 1. The standard InChI is InChI=1S/C16H13ClO2/c1-11-6-7-12-9-13(19-16(12)8-11)10-18-15-5-3-2-4-14(15)17/h2-9H,10H2,1H3. The third kappa shape index (κ3) is 2.59. The Labute approximate surface area is 116 Å². The van der Waals surface area contributed by atoms with Crippen LogP contribution in [0.15, 0.2) is 52.9 Å². The quantitative estimate of drug-likeness (QED) is 0.671. The van der Waals surface area contributed by atoms with Crippen LogP contribution in [0.25, 0.3) is 11.0 Å². The van der Waals surface area contributed by atoms with E-state index in [0.29, 0.717) is 17.4 Å². The molecule has 0 radical (unpaired) electrons. The maximum atomic E-state index is 6.03. The van der Waals surface area contributed by atoms with E-state index in [0.717, 1.165) is 16.7 Å². The monoisotopic (exact) mass is 272 g/mol. The van der Waals surface area contributed by atoms with E-state index in [1.54, 1.807) is 6.07 Å². The second kappa shape index (κ2) is 4.98. The Hall–Kier alpha value is -1.93. The van der Waals surface area contributed by atoms with Crippen molar-refractivity contribution in [3.8, 4) is 5.75 Å². The number of hydrogen-bond acceptors (Lipinski definition) is 2. The predicted octanol–water partition coefficient (Wildman–Crippen LogP) is 4.97. The molecule has 0 bridgehead atoms. The Morgan fingerprint density at radius 1 is 1.11 bits per heavy atom. The van der Waals surface area contributed by atoms with Crippen LogP contribution in [0.1, 0.15) is 11.3 Å². The van der Waals surface area contributed by atoms with Gasteiger partial charge >= 0.3 is 0 Å². The molecule has 1 heterocycles. The smallest absolute Gasteiger partial charge is 0.146 e. The molecule has 0 atom stereocenters. The topological polar surface area (TPSA) is 22.4 Å². The van der Waals surface area contributed by atoms with Gasteiger partial charge in [0.1, 0.15) is 23.7 Å². The lowest BCUT2D eigenvalue weighted by atomic mass is 10.2. The number of benzene rings is 2. The van der Waals surface area contributed by atoms with Crippen molar-refractivity contribution in [1.82, 2.24) is 0 Å². The molecule has 1 aromatic heterocycles. The fourth-order valence-electron chi connectivity index (χ4n) is 1.98. The van der Waals surface area contributed by atoms with Crippen LogP contribution in [-0.4, -0.2) is 0 Å². The van der Waals surface area contributed by atoms with Crippen molar-refractivity contribution in [3.05, 3.63) is 64.9 Å². The molecule has 0 N–H and O–H groups in total. The van der Waals surface area contributed by atoms with Crippen molar-refractivity contribution in [2.75, 3.05) is 0 Å². The Bertz CT molecular complexity index is 716. The van der Waals surface area contributed by atoms with Gasteiger partial charge in [-0.15, -0.1) is 0 Å². The molecule has 19 heavy (non-hydrogen) atoms. The molecule has 0 saturated heterocycles. The zero-order valence-electron chi connectivity index (χ0n) is 10.5. The summed E-state index contributed by atoms with van der Waals surface area (Å²) in [5, 5.41) is 1.69. The van der Waals surface area contributed by atoms with Crippen LogP contribution < -0.4 is 4.74 Å². The summed E-state index contributed by atoms with van der Waals surface area (Å²) in [6.45, 7) is 2.42. The Morgan fingerprint density at radius 2 is 1.95 bits per heavy atom. The van der Waals surface area contributed by atoms with Gasteiger partial charge in [-0.05, 0) is 36.8 Å². The normalized spacial score (nSPS) is 10.8. The van der Waals surface area contributed by atoms with E-state index in [4.69, 9.17) is 20.8 Å². The average Bonchev–Trinajstić information content (AvgIpc) is 2.79. The minimum atomic E-state index is 0.372. The summed E-state index contributed by atoms with van der Waals surface area (Å²) in [4.78, 5) is 0. The minimum absolute atomic E-state index is 0.372. The van der Waals surface area contributed by atoms with Gasteiger partial charge in [0.2, 0.25) is 0 Å². The fraction of sp³-hybridized carbons (Fsp3) is 0.125. The zero-order valence-corrected chi connectivity index (χ0v) is 11.3. The second-order valence-corrected chi connectivity index (χ2v) is 4.88. The van der Waals surface area contributed by atoms with Crippen molar-refractivity contribution in [3.63, 3.8) is 0 Å². The van der Waals surface area contributed by atoms with Crippen molar-refractivity contribution < 1.29 is 9.15 Å². The van der Waals surface area contributed by atoms with Gasteiger partial charge in [-0.2, -0.15) is 0 Å². The first kappa shape index (κ1) is 12.1. The summed E-state index contributed by atoms with van der Waals surface area (Å²) in [5.41, 5.74) is 2.07. The van der Waals surface area contributed by atoms with Crippen molar-refractivity contribution >= 4 is 22.6 Å². The molecule has 96 valence electrons. The van der Waals surface area contributed by atoms with Gasteiger partial charge in [-0.25, -0.2) is 0 Å². The van der Waals surface area contributed by atoms with Crippen LogP contribution in [0.2, 0.25) is 5.02 Å². The molecule has 0 aliphatic carbocycles. The molecule has 3 aromatic rings. The summed E-state index contributed by atoms with van der Waals surface area (Å²) >= 11 is 6.03. The highest BCUT2D eigenvalue weighted by Crippen LogP contribution is 2.26. The third-order valence-electron chi connectivity index (χ3n) is 2.93. The van der Waals surface area contributed by atoms with Crippen LogP contribution in [0.5, 0.6) is 5.75 Å². The molecule has 3 heteroatoms. The lowest BCUT2D eigenvalue weighted by Crippen LogP contribution is -1.93. The first-order valence-corrected chi connectivity index (χ1v) is 6.46. The molecule has 0 aliphatic heterocycles. The van der Waals surface area contributed by atoms with E-state index >= 15 is 0 Å². The van der Waals surface area contributed by atoms with Gasteiger partial charge in [0.15, 0.2) is 0 Å². The van der Waals surface area contributed by atoms with Crippen molar-refractivity contribution in [1.29, 1.82) is 0 Å². The molecule has 2 nitrogen and oxygen atoms in total. The van der Waals surface area contributed by atoms with E-state index < -0.39 is 0 Å². The van der Waals surface area contributed by atoms with E-state index in [1.807, 2.05) is 43.3 Å². The highest BCUT2D eigenvalue weighted by molar-refractivity contribution is 6.32. The van der Waals surface area contributed by atoms with Gasteiger partial charge in [0.25, 0.3) is 0 Å². The molecule has 0 spiro atoms. The highest BCUT2D eigenvalue weighted by atomic mass is 35.5. The summed E-state index contributed by atoms with van der Waals surface area (Å²) in [6, 6.07) is 15.5. The number of rotatable bonds is 3. The Balaban J connectivity index is 1.80.